The highest BCUT2D eigenvalue weighted by Crippen LogP contribution is 2.27. The van der Waals surface area contributed by atoms with Crippen LogP contribution in [-0.2, 0) is 10.1 Å². The third-order valence-electron chi connectivity index (χ3n) is 2.45. The Kier molecular flexibility index (Phi) is 2.72. The highest BCUT2D eigenvalue weighted by Gasteiger charge is 2.14. The fourth-order valence-electron chi connectivity index (χ4n) is 1.60. The van der Waals surface area contributed by atoms with E-state index in [1.165, 1.54) is 12.1 Å². The second kappa shape index (κ2) is 3.97. The summed E-state index contributed by atoms with van der Waals surface area (Å²) in [5.74, 6) is -1.73. The van der Waals surface area contributed by atoms with E-state index in [0.717, 1.165) is 18.2 Å². The molecule has 6 nitrogen and oxygen atoms in total. The normalized spacial score (nSPS) is 11.6. The molecule has 0 spiro atoms. The summed E-state index contributed by atoms with van der Waals surface area (Å²) >= 11 is 0. The average molecular weight is 268 g/mol. The van der Waals surface area contributed by atoms with Crippen molar-refractivity contribution in [2.24, 2.45) is 0 Å². The molecule has 0 aliphatic rings. The van der Waals surface area contributed by atoms with E-state index in [4.69, 9.17) is 9.66 Å². The molecule has 0 atom stereocenters. The van der Waals surface area contributed by atoms with Gasteiger partial charge in [-0.1, -0.05) is 6.07 Å². The number of rotatable bonds is 2. The van der Waals surface area contributed by atoms with Gasteiger partial charge >= 0.3 is 5.97 Å². The molecule has 0 aliphatic heterocycles. The first-order valence-electron chi connectivity index (χ1n) is 4.76. The fraction of sp³-hybridized carbons (Fsp3) is 0. The zero-order valence-electron chi connectivity index (χ0n) is 8.86. The van der Waals surface area contributed by atoms with Crippen molar-refractivity contribution in [3.63, 3.8) is 0 Å². The van der Waals surface area contributed by atoms with Crippen molar-refractivity contribution >= 4 is 26.9 Å². The van der Waals surface area contributed by atoms with Crippen molar-refractivity contribution in [3.8, 4) is 5.75 Å². The summed E-state index contributed by atoms with van der Waals surface area (Å²) in [7, 11) is -4.35. The van der Waals surface area contributed by atoms with E-state index in [2.05, 4.69) is 0 Å². The fourth-order valence-corrected chi connectivity index (χ4v) is 2.11. The second-order valence-corrected chi connectivity index (χ2v) is 5.08. The molecule has 0 saturated heterocycles. The van der Waals surface area contributed by atoms with Gasteiger partial charge in [-0.05, 0) is 35.0 Å². The lowest BCUT2D eigenvalue weighted by molar-refractivity contribution is 0.0694. The van der Waals surface area contributed by atoms with Crippen LogP contribution in [0.4, 0.5) is 0 Å². The number of hydrogen-bond acceptors (Lipinski definition) is 4. The molecular weight excluding hydrogens is 260 g/mol. The van der Waals surface area contributed by atoms with Gasteiger partial charge in [0.25, 0.3) is 10.1 Å². The number of carboxylic acid groups (broad SMARTS) is 1. The number of aromatic carboxylic acids is 1. The summed E-state index contributed by atoms with van der Waals surface area (Å²) in [4.78, 5) is 10.5. The van der Waals surface area contributed by atoms with Crippen LogP contribution in [0.1, 0.15) is 10.4 Å². The quantitative estimate of drug-likeness (QED) is 0.711. The van der Waals surface area contributed by atoms with Crippen LogP contribution in [0.3, 0.4) is 0 Å². The average Bonchev–Trinajstić information content (AvgIpc) is 2.25. The Morgan fingerprint density at radius 2 is 1.72 bits per heavy atom. The Hall–Kier alpha value is -2.12. The third-order valence-corrected chi connectivity index (χ3v) is 3.30. The van der Waals surface area contributed by atoms with Crippen LogP contribution in [0, 0.1) is 0 Å². The Morgan fingerprint density at radius 3 is 2.28 bits per heavy atom. The van der Waals surface area contributed by atoms with E-state index in [9.17, 15) is 18.3 Å². The molecule has 3 N–H and O–H groups in total. The third kappa shape index (κ3) is 2.13. The molecule has 94 valence electrons. The van der Waals surface area contributed by atoms with E-state index in [-0.39, 0.29) is 10.5 Å². The molecule has 0 heterocycles. The van der Waals surface area contributed by atoms with Crippen LogP contribution >= 0.6 is 0 Å². The summed E-state index contributed by atoms with van der Waals surface area (Å²) in [5.41, 5.74) is -0.338. The number of fused-ring (bicyclic) bond motifs is 1. The Balaban J connectivity index is 2.77. The lowest BCUT2D eigenvalue weighted by Gasteiger charge is -2.04. The lowest BCUT2D eigenvalue weighted by Crippen LogP contribution is -1.99. The minimum absolute atomic E-state index is 0.292. The first-order valence-corrected chi connectivity index (χ1v) is 6.20. The summed E-state index contributed by atoms with van der Waals surface area (Å²) in [6.07, 6.45) is 0. The summed E-state index contributed by atoms with van der Waals surface area (Å²) in [6, 6.07) is 6.02. The Morgan fingerprint density at radius 1 is 1.06 bits per heavy atom. The molecule has 2 aromatic carbocycles. The SMILES string of the molecule is O=C(O)c1cc2cc(S(=O)(=O)O)ccc2cc1O. The molecule has 2 aromatic rings. The first-order chi connectivity index (χ1) is 8.29. The molecule has 0 aromatic heterocycles. The van der Waals surface area contributed by atoms with Gasteiger partial charge in [-0.2, -0.15) is 8.42 Å². The van der Waals surface area contributed by atoms with Gasteiger partial charge in [0.15, 0.2) is 0 Å². The van der Waals surface area contributed by atoms with Crippen LogP contribution in [0.2, 0.25) is 0 Å². The molecule has 7 heteroatoms. The second-order valence-electron chi connectivity index (χ2n) is 3.66. The van der Waals surface area contributed by atoms with Crippen LogP contribution in [-0.4, -0.2) is 29.2 Å². The van der Waals surface area contributed by atoms with Gasteiger partial charge in [-0.15, -0.1) is 0 Å². The van der Waals surface area contributed by atoms with Gasteiger partial charge in [-0.25, -0.2) is 4.79 Å². The zero-order valence-corrected chi connectivity index (χ0v) is 9.68. The first kappa shape index (κ1) is 12.3. The predicted octanol–water partition coefficient (Wildman–Crippen LogP) is 1.49. The minimum atomic E-state index is -4.35. The zero-order chi connectivity index (χ0) is 13.5. The Labute approximate surface area is 102 Å². The topological polar surface area (TPSA) is 112 Å². The van der Waals surface area contributed by atoms with Gasteiger partial charge in [0.05, 0.1) is 4.90 Å². The molecule has 2 rings (SSSR count). The van der Waals surface area contributed by atoms with Crippen LogP contribution in [0.5, 0.6) is 5.75 Å². The highest BCUT2D eigenvalue weighted by molar-refractivity contribution is 7.85. The molecule has 0 bridgehead atoms. The maximum Gasteiger partial charge on any atom is 0.339 e. The molecule has 18 heavy (non-hydrogen) atoms. The van der Waals surface area contributed by atoms with Gasteiger partial charge in [0, 0.05) is 0 Å². The smallest absolute Gasteiger partial charge is 0.339 e. The van der Waals surface area contributed by atoms with E-state index < -0.39 is 21.8 Å². The number of carbonyl (C=O) groups is 1. The van der Waals surface area contributed by atoms with Crippen molar-refractivity contribution in [3.05, 3.63) is 35.9 Å². The highest BCUT2D eigenvalue weighted by atomic mass is 32.2. The summed E-state index contributed by atoms with van der Waals surface area (Å²) in [5, 5.41) is 19.0. The molecule has 0 unspecified atom stereocenters. The molecular formula is C11H8O6S. The van der Waals surface area contributed by atoms with Gasteiger partial charge in [0.2, 0.25) is 0 Å². The van der Waals surface area contributed by atoms with Crippen molar-refractivity contribution < 1.29 is 28.0 Å². The monoisotopic (exact) mass is 268 g/mol. The number of aromatic hydroxyl groups is 1. The van der Waals surface area contributed by atoms with Gasteiger partial charge in [0.1, 0.15) is 11.3 Å². The number of hydrogen-bond donors (Lipinski definition) is 3. The van der Waals surface area contributed by atoms with Crippen LogP contribution in [0.15, 0.2) is 35.2 Å². The maximum atomic E-state index is 11.0. The predicted molar refractivity (Wildman–Crippen MR) is 62.4 cm³/mol. The number of carboxylic acids is 1. The molecule has 0 amide bonds. The van der Waals surface area contributed by atoms with E-state index in [0.29, 0.717) is 10.8 Å². The minimum Gasteiger partial charge on any atom is -0.507 e. The number of benzene rings is 2. The molecule has 0 saturated carbocycles. The summed E-state index contributed by atoms with van der Waals surface area (Å²) < 4.78 is 30.8. The van der Waals surface area contributed by atoms with Crippen molar-refractivity contribution in [1.29, 1.82) is 0 Å². The van der Waals surface area contributed by atoms with Crippen molar-refractivity contribution in [1.82, 2.24) is 0 Å². The molecule has 0 aliphatic carbocycles. The Bertz CT molecular complexity index is 747. The van der Waals surface area contributed by atoms with E-state index in [1.54, 1.807) is 0 Å². The largest absolute Gasteiger partial charge is 0.507 e. The van der Waals surface area contributed by atoms with Crippen LogP contribution in [0.25, 0.3) is 10.8 Å². The molecule has 0 radical (unpaired) electrons. The van der Waals surface area contributed by atoms with E-state index in [1.807, 2.05) is 0 Å². The standard InChI is InChI=1S/C11H8O6S/c12-10-5-6-1-2-8(18(15,16)17)3-7(6)4-9(10)11(13)14/h1-5,12H,(H,13,14)(H,15,16,17). The summed E-state index contributed by atoms with van der Waals surface area (Å²) in [6.45, 7) is 0. The van der Waals surface area contributed by atoms with Gasteiger partial charge in [-0.3, -0.25) is 4.55 Å². The number of phenols is 1. The maximum absolute atomic E-state index is 11.0. The van der Waals surface area contributed by atoms with Crippen LogP contribution < -0.4 is 0 Å². The van der Waals surface area contributed by atoms with Crippen molar-refractivity contribution in [2.75, 3.05) is 0 Å². The molecule has 0 fully saturated rings. The van der Waals surface area contributed by atoms with E-state index >= 15 is 0 Å². The van der Waals surface area contributed by atoms with Gasteiger partial charge < -0.3 is 10.2 Å². The van der Waals surface area contributed by atoms with Crippen molar-refractivity contribution in [2.45, 2.75) is 4.90 Å². The lowest BCUT2D eigenvalue weighted by atomic mass is 10.1.